The molecule has 2 N–H and O–H groups in total. The van der Waals surface area contributed by atoms with Crippen LogP contribution in [0.4, 0.5) is 0 Å². The number of ether oxygens (including phenoxy) is 1. The van der Waals surface area contributed by atoms with Crippen LogP contribution in [0, 0.1) is 0 Å². The van der Waals surface area contributed by atoms with E-state index in [2.05, 4.69) is 4.90 Å². The molecule has 1 unspecified atom stereocenters. The van der Waals surface area contributed by atoms with Gasteiger partial charge in [0.05, 0.1) is 4.90 Å². The van der Waals surface area contributed by atoms with Crippen LogP contribution in [0.3, 0.4) is 0 Å². The minimum Gasteiger partial charge on any atom is -0.492 e. The molecule has 0 saturated carbocycles. The number of hydrogen-bond donors (Lipinski definition) is 1. The third kappa shape index (κ3) is 3.74. The van der Waals surface area contributed by atoms with Crippen molar-refractivity contribution in [2.45, 2.75) is 17.9 Å². The van der Waals surface area contributed by atoms with Gasteiger partial charge in [-0.2, -0.15) is 4.31 Å². The van der Waals surface area contributed by atoms with E-state index in [1.807, 2.05) is 14.0 Å². The van der Waals surface area contributed by atoms with E-state index in [4.69, 9.17) is 10.5 Å². The van der Waals surface area contributed by atoms with Crippen LogP contribution < -0.4 is 10.5 Å². The maximum Gasteiger partial charge on any atom is 0.243 e. The Morgan fingerprint density at radius 2 is 1.95 bits per heavy atom. The van der Waals surface area contributed by atoms with Crippen LogP contribution in [-0.2, 0) is 10.0 Å². The second-order valence-electron chi connectivity index (χ2n) is 5.34. The lowest BCUT2D eigenvalue weighted by atomic mass is 10.2. The largest absolute Gasteiger partial charge is 0.492 e. The molecule has 0 spiro atoms. The van der Waals surface area contributed by atoms with Crippen molar-refractivity contribution in [1.82, 2.24) is 9.21 Å². The highest BCUT2D eigenvalue weighted by atomic mass is 32.2. The van der Waals surface area contributed by atoms with Gasteiger partial charge in [-0.3, -0.25) is 0 Å². The van der Waals surface area contributed by atoms with Gasteiger partial charge in [0.1, 0.15) is 12.4 Å². The fourth-order valence-electron chi connectivity index (χ4n) is 2.50. The summed E-state index contributed by atoms with van der Waals surface area (Å²) in [6.45, 7) is 4.80. The second-order valence-corrected chi connectivity index (χ2v) is 7.23. The van der Waals surface area contributed by atoms with E-state index in [-0.39, 0.29) is 6.04 Å². The van der Waals surface area contributed by atoms with Crippen molar-refractivity contribution < 1.29 is 13.2 Å². The first-order valence-electron chi connectivity index (χ1n) is 7.08. The summed E-state index contributed by atoms with van der Waals surface area (Å²) in [5.74, 6) is 0.630. The Hall–Kier alpha value is -1.15. The van der Waals surface area contributed by atoms with Gasteiger partial charge in [-0.15, -0.1) is 0 Å². The minimum atomic E-state index is -3.45. The number of hydrogen-bond acceptors (Lipinski definition) is 5. The van der Waals surface area contributed by atoms with Crippen molar-refractivity contribution >= 4 is 10.0 Å². The molecular formula is C14H23N3O3S. The van der Waals surface area contributed by atoms with E-state index < -0.39 is 10.0 Å². The zero-order valence-corrected chi connectivity index (χ0v) is 13.3. The van der Waals surface area contributed by atoms with Crippen LogP contribution in [0.15, 0.2) is 29.2 Å². The molecule has 1 saturated heterocycles. The number of rotatable bonds is 5. The van der Waals surface area contributed by atoms with Crippen LogP contribution in [0.2, 0.25) is 0 Å². The number of piperazine rings is 1. The van der Waals surface area contributed by atoms with E-state index in [1.54, 1.807) is 28.6 Å². The van der Waals surface area contributed by atoms with Crippen molar-refractivity contribution in [2.75, 3.05) is 39.8 Å². The molecule has 1 fully saturated rings. The summed E-state index contributed by atoms with van der Waals surface area (Å²) < 4.78 is 32.3. The molecule has 1 aromatic rings. The molecule has 1 aliphatic heterocycles. The molecule has 2 rings (SSSR count). The lowest BCUT2D eigenvalue weighted by molar-refractivity contribution is 0.170. The number of nitrogens with zero attached hydrogens (tertiary/aromatic N) is 2. The summed E-state index contributed by atoms with van der Waals surface area (Å²) in [5.41, 5.74) is 5.37. The molecule has 1 heterocycles. The standard InChI is InChI=1S/C14H23N3O3S/c1-12-11-16(2)8-9-17(12)21(18,19)14-5-3-13(4-6-14)20-10-7-15/h3-6,12H,7-11,15H2,1-2H3. The molecule has 0 aromatic heterocycles. The smallest absolute Gasteiger partial charge is 0.243 e. The first-order valence-corrected chi connectivity index (χ1v) is 8.52. The summed E-state index contributed by atoms with van der Waals surface area (Å²) in [7, 11) is -1.44. The average Bonchev–Trinajstić information content (AvgIpc) is 2.45. The number of nitrogens with two attached hydrogens (primary N) is 1. The highest BCUT2D eigenvalue weighted by Gasteiger charge is 2.32. The second kappa shape index (κ2) is 6.74. The van der Waals surface area contributed by atoms with E-state index >= 15 is 0 Å². The molecule has 0 radical (unpaired) electrons. The zero-order chi connectivity index (χ0) is 15.5. The molecule has 7 heteroatoms. The molecule has 1 aromatic carbocycles. The Kier molecular flexibility index (Phi) is 5.21. The van der Waals surface area contributed by atoms with E-state index in [1.165, 1.54) is 0 Å². The van der Waals surface area contributed by atoms with Crippen LogP contribution in [0.25, 0.3) is 0 Å². The van der Waals surface area contributed by atoms with Gasteiger partial charge in [0, 0.05) is 32.2 Å². The minimum absolute atomic E-state index is 0.0260. The topological polar surface area (TPSA) is 75.9 Å². The van der Waals surface area contributed by atoms with Gasteiger partial charge in [0.2, 0.25) is 10.0 Å². The summed E-state index contributed by atoms with van der Waals surface area (Å²) >= 11 is 0. The molecule has 0 amide bonds. The molecule has 118 valence electrons. The molecule has 0 aliphatic carbocycles. The van der Waals surface area contributed by atoms with Crippen molar-refractivity contribution in [3.05, 3.63) is 24.3 Å². The molecule has 1 atom stereocenters. The summed E-state index contributed by atoms with van der Waals surface area (Å²) in [4.78, 5) is 2.44. The van der Waals surface area contributed by atoms with Gasteiger partial charge in [-0.25, -0.2) is 8.42 Å². The Morgan fingerprint density at radius 1 is 1.29 bits per heavy atom. The fourth-order valence-corrected chi connectivity index (χ4v) is 4.11. The van der Waals surface area contributed by atoms with Gasteiger partial charge in [0.15, 0.2) is 0 Å². The van der Waals surface area contributed by atoms with Gasteiger partial charge in [0.25, 0.3) is 0 Å². The molecular weight excluding hydrogens is 290 g/mol. The Labute approximate surface area is 126 Å². The maximum atomic E-state index is 12.7. The fraction of sp³-hybridized carbons (Fsp3) is 0.571. The highest BCUT2D eigenvalue weighted by molar-refractivity contribution is 7.89. The number of likely N-dealkylation sites (N-methyl/N-ethyl adjacent to an activating group) is 1. The van der Waals surface area contributed by atoms with Gasteiger partial charge >= 0.3 is 0 Å². The van der Waals surface area contributed by atoms with Crippen molar-refractivity contribution in [2.24, 2.45) is 5.73 Å². The average molecular weight is 313 g/mol. The van der Waals surface area contributed by atoms with E-state index in [0.717, 1.165) is 13.1 Å². The Bertz CT molecular complexity index is 559. The quantitative estimate of drug-likeness (QED) is 0.849. The summed E-state index contributed by atoms with van der Waals surface area (Å²) in [6.07, 6.45) is 0. The van der Waals surface area contributed by atoms with E-state index in [0.29, 0.717) is 30.3 Å². The first-order chi connectivity index (χ1) is 9.95. The van der Waals surface area contributed by atoms with E-state index in [9.17, 15) is 8.42 Å². The third-order valence-electron chi connectivity index (χ3n) is 3.59. The van der Waals surface area contributed by atoms with Crippen molar-refractivity contribution in [1.29, 1.82) is 0 Å². The maximum absolute atomic E-state index is 12.7. The van der Waals surface area contributed by atoms with Crippen molar-refractivity contribution in [3.8, 4) is 5.75 Å². The monoisotopic (exact) mass is 313 g/mol. The lowest BCUT2D eigenvalue weighted by Gasteiger charge is -2.37. The number of sulfonamides is 1. The van der Waals surface area contributed by atoms with Crippen LogP contribution >= 0.6 is 0 Å². The zero-order valence-electron chi connectivity index (χ0n) is 12.5. The summed E-state index contributed by atoms with van der Waals surface area (Å²) in [6, 6.07) is 6.49. The third-order valence-corrected chi connectivity index (χ3v) is 5.61. The summed E-state index contributed by atoms with van der Waals surface area (Å²) in [5, 5.41) is 0. The normalized spacial score (nSPS) is 21.4. The molecule has 1 aliphatic rings. The van der Waals surface area contributed by atoms with Crippen molar-refractivity contribution in [3.63, 3.8) is 0 Å². The van der Waals surface area contributed by atoms with Crippen LogP contribution in [0.5, 0.6) is 5.75 Å². The molecule has 21 heavy (non-hydrogen) atoms. The lowest BCUT2D eigenvalue weighted by Crippen LogP contribution is -2.52. The highest BCUT2D eigenvalue weighted by Crippen LogP contribution is 2.23. The predicted octanol–water partition coefficient (Wildman–Crippen LogP) is 0.349. The van der Waals surface area contributed by atoms with Gasteiger partial charge in [-0.05, 0) is 38.2 Å². The predicted molar refractivity (Wildman–Crippen MR) is 81.8 cm³/mol. The SMILES string of the molecule is CC1CN(C)CCN1S(=O)(=O)c1ccc(OCCN)cc1. The van der Waals surface area contributed by atoms with Crippen LogP contribution in [0.1, 0.15) is 6.92 Å². The number of benzene rings is 1. The Balaban J connectivity index is 2.15. The Morgan fingerprint density at radius 3 is 2.52 bits per heavy atom. The van der Waals surface area contributed by atoms with Gasteiger partial charge in [-0.1, -0.05) is 0 Å². The van der Waals surface area contributed by atoms with Gasteiger partial charge < -0.3 is 15.4 Å². The molecule has 6 nitrogen and oxygen atoms in total. The van der Waals surface area contributed by atoms with Crippen LogP contribution in [-0.4, -0.2) is 63.5 Å². The molecule has 0 bridgehead atoms. The first kappa shape index (κ1) is 16.2.